The standard InChI is InChI=1S/C18H20N4O6S/c23-16(20-15-9-11-28-21-15)12-27-17(24)8-2-1-5-10-19-18-13-6-3-4-7-14(13)29(25,26)22-18/h3-4,6-7,9,11H,1-2,5,8,10,12H2,(H,19,22)(H,20,21,23). The summed E-state index contributed by atoms with van der Waals surface area (Å²) in [5.74, 6) is -0.371. The summed E-state index contributed by atoms with van der Waals surface area (Å²) in [5, 5.41) is 5.93. The zero-order chi connectivity index (χ0) is 20.7. The molecule has 0 aliphatic carbocycles. The first-order chi connectivity index (χ1) is 14.0. The van der Waals surface area contributed by atoms with Crippen molar-refractivity contribution in [1.82, 2.24) is 9.88 Å². The number of rotatable bonds is 9. The number of unbranched alkanes of at least 4 members (excludes halogenated alkanes) is 2. The average Bonchev–Trinajstić information content (AvgIpc) is 3.29. The van der Waals surface area contributed by atoms with E-state index >= 15 is 0 Å². The highest BCUT2D eigenvalue weighted by Gasteiger charge is 2.29. The Morgan fingerprint density at radius 3 is 2.79 bits per heavy atom. The second-order valence-corrected chi connectivity index (χ2v) is 7.89. The summed E-state index contributed by atoms with van der Waals surface area (Å²) in [4.78, 5) is 27.8. The molecule has 2 heterocycles. The molecule has 1 aromatic carbocycles. The zero-order valence-electron chi connectivity index (χ0n) is 15.5. The van der Waals surface area contributed by atoms with E-state index < -0.39 is 21.9 Å². The summed E-state index contributed by atoms with van der Waals surface area (Å²) < 4.78 is 35.9. The second kappa shape index (κ2) is 9.32. The smallest absolute Gasteiger partial charge is 0.306 e. The third-order valence-electron chi connectivity index (χ3n) is 4.04. The van der Waals surface area contributed by atoms with Gasteiger partial charge < -0.3 is 14.6 Å². The molecule has 0 saturated heterocycles. The first kappa shape index (κ1) is 20.5. The fraction of sp³-hybridized carbons (Fsp3) is 0.333. The Morgan fingerprint density at radius 1 is 1.17 bits per heavy atom. The number of nitrogens with zero attached hydrogens (tertiary/aromatic N) is 2. The van der Waals surface area contributed by atoms with Gasteiger partial charge in [0.25, 0.3) is 15.9 Å². The molecule has 0 bridgehead atoms. The van der Waals surface area contributed by atoms with Gasteiger partial charge in [-0.05, 0) is 25.0 Å². The number of amides is 1. The Labute approximate surface area is 167 Å². The summed E-state index contributed by atoms with van der Waals surface area (Å²) in [6.45, 7) is 0.0419. The maximum atomic E-state index is 12.0. The number of ether oxygens (including phenoxy) is 1. The lowest BCUT2D eigenvalue weighted by Gasteiger charge is -2.04. The topological polar surface area (TPSA) is 140 Å². The van der Waals surface area contributed by atoms with E-state index in [2.05, 4.69) is 24.7 Å². The van der Waals surface area contributed by atoms with Crippen molar-refractivity contribution in [2.45, 2.75) is 30.6 Å². The molecule has 1 aliphatic rings. The largest absolute Gasteiger partial charge is 0.456 e. The molecule has 1 aromatic heterocycles. The van der Waals surface area contributed by atoms with Crippen molar-refractivity contribution < 1.29 is 27.3 Å². The number of hydrogen-bond donors (Lipinski definition) is 2. The number of sulfonamides is 1. The average molecular weight is 420 g/mol. The monoisotopic (exact) mass is 420 g/mol. The van der Waals surface area contributed by atoms with Crippen LogP contribution in [0.4, 0.5) is 5.82 Å². The second-order valence-electron chi connectivity index (χ2n) is 6.24. The van der Waals surface area contributed by atoms with E-state index in [-0.39, 0.29) is 23.7 Å². The van der Waals surface area contributed by atoms with Crippen molar-refractivity contribution in [1.29, 1.82) is 0 Å². The van der Waals surface area contributed by atoms with E-state index in [1.807, 2.05) is 0 Å². The molecule has 0 spiro atoms. The van der Waals surface area contributed by atoms with Crippen LogP contribution >= 0.6 is 0 Å². The van der Waals surface area contributed by atoms with Gasteiger partial charge in [-0.25, -0.2) is 8.42 Å². The van der Waals surface area contributed by atoms with Crippen LogP contribution < -0.4 is 10.0 Å². The number of amidine groups is 1. The Bertz CT molecular complexity index is 1000. The molecule has 10 nitrogen and oxygen atoms in total. The van der Waals surface area contributed by atoms with Crippen molar-refractivity contribution in [3.05, 3.63) is 42.2 Å². The lowest BCUT2D eigenvalue weighted by molar-refractivity contribution is -0.147. The molecule has 2 N–H and O–H groups in total. The molecular weight excluding hydrogens is 400 g/mol. The highest BCUT2D eigenvalue weighted by molar-refractivity contribution is 7.90. The van der Waals surface area contributed by atoms with Crippen LogP contribution in [-0.2, 0) is 24.3 Å². The highest BCUT2D eigenvalue weighted by Crippen LogP contribution is 2.22. The van der Waals surface area contributed by atoms with Gasteiger partial charge in [0.2, 0.25) is 0 Å². The summed E-state index contributed by atoms with van der Waals surface area (Å²) in [5.41, 5.74) is 0.569. The van der Waals surface area contributed by atoms with Gasteiger partial charge in [-0.2, -0.15) is 0 Å². The predicted molar refractivity (Wildman–Crippen MR) is 103 cm³/mol. The zero-order valence-corrected chi connectivity index (χ0v) is 16.3. The van der Waals surface area contributed by atoms with Crippen LogP contribution in [0.1, 0.15) is 31.2 Å². The van der Waals surface area contributed by atoms with Crippen LogP contribution in [0.2, 0.25) is 0 Å². The number of carbonyl (C=O) groups excluding carboxylic acids is 2. The number of benzene rings is 1. The summed E-state index contributed by atoms with van der Waals surface area (Å²) in [7, 11) is -3.53. The molecule has 0 radical (unpaired) electrons. The summed E-state index contributed by atoms with van der Waals surface area (Å²) in [6, 6.07) is 8.14. The molecule has 0 unspecified atom stereocenters. The molecule has 1 amide bonds. The maximum absolute atomic E-state index is 12.0. The normalized spacial score (nSPS) is 15.5. The molecule has 1 aliphatic heterocycles. The van der Waals surface area contributed by atoms with Gasteiger partial charge in [-0.15, -0.1) is 0 Å². The van der Waals surface area contributed by atoms with E-state index in [0.717, 1.165) is 0 Å². The van der Waals surface area contributed by atoms with Gasteiger partial charge in [0.1, 0.15) is 12.1 Å². The SMILES string of the molecule is O=C(COC(=O)CCCCCN=C1NS(=O)(=O)c2ccccc21)Nc1ccon1. The van der Waals surface area contributed by atoms with Gasteiger partial charge >= 0.3 is 5.97 Å². The molecule has 0 saturated carbocycles. The Hall–Kier alpha value is -3.21. The van der Waals surface area contributed by atoms with Crippen molar-refractivity contribution >= 4 is 33.6 Å². The molecule has 0 fully saturated rings. The van der Waals surface area contributed by atoms with E-state index in [4.69, 9.17) is 4.74 Å². The van der Waals surface area contributed by atoms with Crippen LogP contribution in [-0.4, -0.2) is 44.4 Å². The van der Waals surface area contributed by atoms with E-state index in [1.165, 1.54) is 18.4 Å². The van der Waals surface area contributed by atoms with Gasteiger partial charge in [0.05, 0.1) is 4.90 Å². The minimum Gasteiger partial charge on any atom is -0.456 e. The minimum absolute atomic E-state index is 0.184. The lowest BCUT2D eigenvalue weighted by atomic mass is 10.2. The van der Waals surface area contributed by atoms with Crippen molar-refractivity contribution in [3.8, 4) is 0 Å². The lowest BCUT2D eigenvalue weighted by Crippen LogP contribution is -2.22. The molecule has 29 heavy (non-hydrogen) atoms. The molecule has 3 rings (SSSR count). The van der Waals surface area contributed by atoms with Gasteiger partial charge in [0.15, 0.2) is 12.4 Å². The number of anilines is 1. The minimum atomic E-state index is -3.53. The number of hydrogen-bond acceptors (Lipinski definition) is 8. The highest BCUT2D eigenvalue weighted by atomic mass is 32.2. The summed E-state index contributed by atoms with van der Waals surface area (Å²) in [6.07, 6.45) is 3.48. The maximum Gasteiger partial charge on any atom is 0.306 e. The van der Waals surface area contributed by atoms with E-state index in [1.54, 1.807) is 18.2 Å². The number of aromatic nitrogens is 1. The number of aliphatic imine (C=N–C) groups is 1. The Balaban J connectivity index is 1.32. The molecule has 11 heteroatoms. The fourth-order valence-electron chi connectivity index (χ4n) is 2.67. The van der Waals surface area contributed by atoms with Gasteiger partial charge in [-0.3, -0.25) is 19.3 Å². The van der Waals surface area contributed by atoms with Gasteiger partial charge in [0, 0.05) is 24.6 Å². The number of esters is 1. The number of nitrogens with one attached hydrogen (secondary N) is 2. The van der Waals surface area contributed by atoms with Crippen molar-refractivity contribution in [2.24, 2.45) is 4.99 Å². The predicted octanol–water partition coefficient (Wildman–Crippen LogP) is 1.46. The van der Waals surface area contributed by atoms with Crippen LogP contribution in [0.25, 0.3) is 0 Å². The first-order valence-electron chi connectivity index (χ1n) is 8.98. The molecule has 2 aromatic rings. The number of fused-ring (bicyclic) bond motifs is 1. The summed E-state index contributed by atoms with van der Waals surface area (Å²) >= 11 is 0. The van der Waals surface area contributed by atoms with Crippen LogP contribution in [0.15, 0.2) is 51.0 Å². The molecule has 0 atom stereocenters. The number of carbonyl (C=O) groups is 2. The van der Waals surface area contributed by atoms with Gasteiger partial charge in [-0.1, -0.05) is 23.7 Å². The third-order valence-corrected chi connectivity index (χ3v) is 5.44. The van der Waals surface area contributed by atoms with Crippen LogP contribution in [0.3, 0.4) is 0 Å². The molecule has 154 valence electrons. The van der Waals surface area contributed by atoms with E-state index in [9.17, 15) is 18.0 Å². The Kier molecular flexibility index (Phi) is 6.60. The van der Waals surface area contributed by atoms with E-state index in [0.29, 0.717) is 37.2 Å². The van der Waals surface area contributed by atoms with Crippen molar-refractivity contribution in [2.75, 3.05) is 18.5 Å². The third kappa shape index (κ3) is 5.64. The van der Waals surface area contributed by atoms with Crippen LogP contribution in [0.5, 0.6) is 0 Å². The quantitative estimate of drug-likeness (QED) is 0.462. The Morgan fingerprint density at radius 2 is 2.00 bits per heavy atom. The molecular formula is C18H20N4O6S. The fourth-order valence-corrected chi connectivity index (χ4v) is 3.93. The first-order valence-corrected chi connectivity index (χ1v) is 10.5. The van der Waals surface area contributed by atoms with Crippen molar-refractivity contribution in [3.63, 3.8) is 0 Å². The van der Waals surface area contributed by atoms with Crippen LogP contribution in [0, 0.1) is 0 Å².